The third-order valence-electron chi connectivity index (χ3n) is 3.03. The molecule has 1 atom stereocenters. The first-order valence-electron chi connectivity index (χ1n) is 6.07. The van der Waals surface area contributed by atoms with E-state index in [9.17, 15) is 13.2 Å². The Labute approximate surface area is 101 Å². The average molecular weight is 250 g/mol. The van der Waals surface area contributed by atoms with Crippen molar-refractivity contribution in [2.24, 2.45) is 0 Å². The number of hydrogen-bond acceptors (Lipinski definition) is 2. The summed E-state index contributed by atoms with van der Waals surface area (Å²) in [4.78, 5) is 1.48. The van der Waals surface area contributed by atoms with Crippen molar-refractivity contribution in [2.75, 3.05) is 19.6 Å². The van der Waals surface area contributed by atoms with Crippen LogP contribution in [-0.2, 0) is 0 Å². The second-order valence-corrected chi connectivity index (χ2v) is 4.76. The monoisotopic (exact) mass is 250 g/mol. The SMILES string of the molecule is C=CCC(C)NC1CCN(CC(F)(F)F)CC1. The van der Waals surface area contributed by atoms with Crippen molar-refractivity contribution in [1.29, 1.82) is 0 Å². The first kappa shape index (κ1) is 14.5. The van der Waals surface area contributed by atoms with Crippen LogP contribution in [0, 0.1) is 0 Å². The number of halogens is 3. The van der Waals surface area contributed by atoms with Gasteiger partial charge in [0.25, 0.3) is 0 Å². The van der Waals surface area contributed by atoms with Crippen LogP contribution in [0.2, 0.25) is 0 Å². The van der Waals surface area contributed by atoms with Crippen molar-refractivity contribution in [2.45, 2.75) is 44.4 Å². The van der Waals surface area contributed by atoms with E-state index < -0.39 is 12.7 Å². The van der Waals surface area contributed by atoms with E-state index in [-0.39, 0.29) is 0 Å². The maximum atomic E-state index is 12.2. The molecular weight excluding hydrogens is 229 g/mol. The van der Waals surface area contributed by atoms with E-state index in [0.717, 1.165) is 19.3 Å². The molecule has 1 aliphatic rings. The van der Waals surface area contributed by atoms with Crippen LogP contribution in [0.1, 0.15) is 26.2 Å². The van der Waals surface area contributed by atoms with Gasteiger partial charge >= 0.3 is 6.18 Å². The highest BCUT2D eigenvalue weighted by Gasteiger charge is 2.32. The lowest BCUT2D eigenvalue weighted by Crippen LogP contribution is -2.47. The fourth-order valence-electron chi connectivity index (χ4n) is 2.23. The quantitative estimate of drug-likeness (QED) is 0.754. The van der Waals surface area contributed by atoms with Crippen molar-refractivity contribution in [3.05, 3.63) is 12.7 Å². The average Bonchev–Trinajstić information content (AvgIpc) is 2.19. The number of likely N-dealkylation sites (tertiary alicyclic amines) is 1. The summed E-state index contributed by atoms with van der Waals surface area (Å²) in [5.41, 5.74) is 0. The smallest absolute Gasteiger partial charge is 0.311 e. The van der Waals surface area contributed by atoms with Gasteiger partial charge in [0.05, 0.1) is 6.54 Å². The first-order chi connectivity index (χ1) is 7.90. The normalized spacial score (nSPS) is 21.4. The Morgan fingerprint density at radius 2 is 2.00 bits per heavy atom. The van der Waals surface area contributed by atoms with E-state index in [1.807, 2.05) is 6.08 Å². The van der Waals surface area contributed by atoms with E-state index in [1.165, 1.54) is 4.90 Å². The Balaban J connectivity index is 2.24. The molecule has 5 heteroatoms. The van der Waals surface area contributed by atoms with Gasteiger partial charge in [-0.25, -0.2) is 0 Å². The zero-order chi connectivity index (χ0) is 12.9. The first-order valence-corrected chi connectivity index (χ1v) is 6.07. The lowest BCUT2D eigenvalue weighted by Gasteiger charge is -2.34. The van der Waals surface area contributed by atoms with Crippen LogP contribution in [0.3, 0.4) is 0 Å². The van der Waals surface area contributed by atoms with Crippen molar-refractivity contribution >= 4 is 0 Å². The van der Waals surface area contributed by atoms with Crippen molar-refractivity contribution in [3.63, 3.8) is 0 Å². The molecule has 1 rings (SSSR count). The highest BCUT2D eigenvalue weighted by atomic mass is 19.4. The van der Waals surface area contributed by atoms with Gasteiger partial charge in [-0.2, -0.15) is 13.2 Å². The lowest BCUT2D eigenvalue weighted by atomic mass is 10.0. The summed E-state index contributed by atoms with van der Waals surface area (Å²) in [7, 11) is 0. The second kappa shape index (κ2) is 6.40. The minimum absolute atomic E-state index is 0.342. The van der Waals surface area contributed by atoms with Gasteiger partial charge in [-0.1, -0.05) is 6.08 Å². The number of nitrogens with zero attached hydrogens (tertiary/aromatic N) is 1. The fourth-order valence-corrected chi connectivity index (χ4v) is 2.23. The standard InChI is InChI=1S/C12H21F3N2/c1-3-4-10(2)16-11-5-7-17(8-6-11)9-12(13,14)15/h3,10-11,16H,1,4-9H2,2H3. The van der Waals surface area contributed by atoms with Gasteiger partial charge in [-0.15, -0.1) is 6.58 Å². The molecule has 17 heavy (non-hydrogen) atoms. The van der Waals surface area contributed by atoms with E-state index in [2.05, 4.69) is 18.8 Å². The van der Waals surface area contributed by atoms with Gasteiger partial charge in [0.15, 0.2) is 0 Å². The molecule has 100 valence electrons. The molecule has 0 saturated carbocycles. The number of rotatable bonds is 5. The van der Waals surface area contributed by atoms with Gasteiger partial charge < -0.3 is 5.32 Å². The van der Waals surface area contributed by atoms with Crippen LogP contribution in [0.15, 0.2) is 12.7 Å². The molecule has 2 nitrogen and oxygen atoms in total. The Morgan fingerprint density at radius 1 is 1.41 bits per heavy atom. The minimum Gasteiger partial charge on any atom is -0.311 e. The fraction of sp³-hybridized carbons (Fsp3) is 0.833. The molecule has 1 N–H and O–H groups in total. The predicted molar refractivity (Wildman–Crippen MR) is 62.9 cm³/mol. The third-order valence-corrected chi connectivity index (χ3v) is 3.03. The molecule has 0 bridgehead atoms. The largest absolute Gasteiger partial charge is 0.401 e. The van der Waals surface area contributed by atoms with Gasteiger partial charge in [-0.05, 0) is 39.3 Å². The van der Waals surface area contributed by atoms with E-state index in [1.54, 1.807) is 0 Å². The summed E-state index contributed by atoms with van der Waals surface area (Å²) >= 11 is 0. The summed E-state index contributed by atoms with van der Waals surface area (Å²) in [6.07, 6.45) is 0.255. The van der Waals surface area contributed by atoms with E-state index >= 15 is 0 Å². The predicted octanol–water partition coefficient (Wildman–Crippen LogP) is 2.57. The highest BCUT2D eigenvalue weighted by Crippen LogP contribution is 2.20. The molecule has 0 aliphatic carbocycles. The number of hydrogen-bond donors (Lipinski definition) is 1. The van der Waals surface area contributed by atoms with Crippen LogP contribution >= 0.6 is 0 Å². The zero-order valence-corrected chi connectivity index (χ0v) is 10.3. The van der Waals surface area contributed by atoms with Gasteiger partial charge in [0, 0.05) is 12.1 Å². The Morgan fingerprint density at radius 3 is 2.47 bits per heavy atom. The molecule has 1 saturated heterocycles. The number of alkyl halides is 3. The maximum Gasteiger partial charge on any atom is 0.401 e. The van der Waals surface area contributed by atoms with Crippen LogP contribution in [0.5, 0.6) is 0 Å². The molecule has 1 fully saturated rings. The van der Waals surface area contributed by atoms with Crippen LogP contribution in [0.4, 0.5) is 13.2 Å². The Bertz CT molecular complexity index is 232. The number of nitrogens with one attached hydrogen (secondary N) is 1. The van der Waals surface area contributed by atoms with Gasteiger partial charge in [0.1, 0.15) is 0 Å². The summed E-state index contributed by atoms with van der Waals surface area (Å²) in [6.45, 7) is 6.02. The van der Waals surface area contributed by atoms with Crippen LogP contribution in [-0.4, -0.2) is 42.8 Å². The lowest BCUT2D eigenvalue weighted by molar-refractivity contribution is -0.148. The summed E-state index contributed by atoms with van der Waals surface area (Å²) in [5, 5.41) is 3.42. The molecule has 0 aromatic heterocycles. The molecule has 1 heterocycles. The van der Waals surface area contributed by atoms with Crippen molar-refractivity contribution < 1.29 is 13.2 Å². The highest BCUT2D eigenvalue weighted by molar-refractivity contribution is 4.82. The molecule has 1 unspecified atom stereocenters. The summed E-state index contributed by atoms with van der Waals surface area (Å²) in [5.74, 6) is 0. The third kappa shape index (κ3) is 6.07. The number of piperidine rings is 1. The second-order valence-electron chi connectivity index (χ2n) is 4.76. The maximum absolute atomic E-state index is 12.2. The Kier molecular flexibility index (Phi) is 5.46. The topological polar surface area (TPSA) is 15.3 Å². The van der Waals surface area contributed by atoms with Crippen LogP contribution < -0.4 is 5.32 Å². The molecule has 1 aliphatic heterocycles. The van der Waals surface area contributed by atoms with E-state index in [4.69, 9.17) is 0 Å². The van der Waals surface area contributed by atoms with Gasteiger partial charge in [0.2, 0.25) is 0 Å². The van der Waals surface area contributed by atoms with E-state index in [0.29, 0.717) is 25.2 Å². The molecule has 0 spiro atoms. The molecule has 0 amide bonds. The van der Waals surface area contributed by atoms with Crippen molar-refractivity contribution in [3.8, 4) is 0 Å². The molecule has 0 aromatic rings. The minimum atomic E-state index is -4.07. The Hall–Kier alpha value is -0.550. The van der Waals surface area contributed by atoms with Crippen LogP contribution in [0.25, 0.3) is 0 Å². The molecular formula is C12H21F3N2. The summed E-state index contributed by atoms with van der Waals surface area (Å²) in [6, 6.07) is 0.695. The van der Waals surface area contributed by atoms with Crippen molar-refractivity contribution in [1.82, 2.24) is 10.2 Å². The van der Waals surface area contributed by atoms with Gasteiger partial charge in [-0.3, -0.25) is 4.90 Å². The molecule has 0 aromatic carbocycles. The summed E-state index contributed by atoms with van der Waals surface area (Å²) < 4.78 is 36.5. The molecule has 0 radical (unpaired) electrons. The zero-order valence-electron chi connectivity index (χ0n) is 10.3.